The van der Waals surface area contributed by atoms with Crippen molar-refractivity contribution in [1.29, 1.82) is 0 Å². The van der Waals surface area contributed by atoms with Gasteiger partial charge in [-0.3, -0.25) is 0 Å². The SMILES string of the molecule is Cc1cccc(-n2nnnc2SCc2ccccc2N)c1. The van der Waals surface area contributed by atoms with Crippen LogP contribution in [-0.2, 0) is 5.75 Å². The van der Waals surface area contributed by atoms with E-state index in [4.69, 9.17) is 5.73 Å². The number of hydrogen-bond acceptors (Lipinski definition) is 5. The predicted molar refractivity (Wildman–Crippen MR) is 84.3 cm³/mol. The van der Waals surface area contributed by atoms with Gasteiger partial charge in [-0.05, 0) is 46.7 Å². The second kappa shape index (κ2) is 5.97. The second-order valence-corrected chi connectivity index (χ2v) is 5.64. The summed E-state index contributed by atoms with van der Waals surface area (Å²) >= 11 is 1.57. The van der Waals surface area contributed by atoms with E-state index in [1.54, 1.807) is 16.4 Å². The maximum absolute atomic E-state index is 5.96. The van der Waals surface area contributed by atoms with Crippen molar-refractivity contribution in [2.24, 2.45) is 0 Å². The van der Waals surface area contributed by atoms with Crippen LogP contribution < -0.4 is 5.73 Å². The molecule has 0 aliphatic heterocycles. The van der Waals surface area contributed by atoms with Crippen molar-refractivity contribution in [3.05, 3.63) is 59.7 Å². The maximum atomic E-state index is 5.96. The topological polar surface area (TPSA) is 69.6 Å². The summed E-state index contributed by atoms with van der Waals surface area (Å²) in [4.78, 5) is 0. The Kier molecular flexibility index (Phi) is 3.87. The predicted octanol–water partition coefficient (Wildman–Crippen LogP) is 2.85. The number of thioether (sulfide) groups is 1. The first kappa shape index (κ1) is 13.6. The number of aromatic nitrogens is 4. The van der Waals surface area contributed by atoms with Crippen LogP contribution >= 0.6 is 11.8 Å². The van der Waals surface area contributed by atoms with Crippen molar-refractivity contribution >= 4 is 17.4 Å². The number of nitrogens with two attached hydrogens (primary N) is 1. The molecular weight excluding hydrogens is 282 g/mol. The molecule has 1 aromatic heterocycles. The Balaban J connectivity index is 1.82. The van der Waals surface area contributed by atoms with Gasteiger partial charge in [0.15, 0.2) is 0 Å². The zero-order valence-corrected chi connectivity index (χ0v) is 12.4. The molecule has 0 spiro atoms. The number of para-hydroxylation sites is 1. The molecule has 0 atom stereocenters. The number of benzene rings is 2. The van der Waals surface area contributed by atoms with Crippen LogP contribution in [0.5, 0.6) is 0 Å². The molecule has 3 rings (SSSR count). The van der Waals surface area contributed by atoms with E-state index < -0.39 is 0 Å². The summed E-state index contributed by atoms with van der Waals surface area (Å²) in [5.74, 6) is 0.735. The normalized spacial score (nSPS) is 10.7. The van der Waals surface area contributed by atoms with E-state index in [2.05, 4.69) is 21.6 Å². The lowest BCUT2D eigenvalue weighted by Gasteiger charge is -2.06. The van der Waals surface area contributed by atoms with E-state index in [-0.39, 0.29) is 0 Å². The van der Waals surface area contributed by atoms with E-state index in [1.165, 1.54) is 5.56 Å². The third-order valence-corrected chi connectivity index (χ3v) is 4.07. The van der Waals surface area contributed by atoms with Crippen LogP contribution in [0, 0.1) is 6.92 Å². The Morgan fingerprint density at radius 1 is 1.14 bits per heavy atom. The van der Waals surface area contributed by atoms with Gasteiger partial charge < -0.3 is 5.73 Å². The molecule has 3 aromatic rings. The number of nitrogen functional groups attached to an aromatic ring is 1. The van der Waals surface area contributed by atoms with Gasteiger partial charge in [-0.15, -0.1) is 5.10 Å². The average Bonchev–Trinajstić information content (AvgIpc) is 2.95. The fourth-order valence-electron chi connectivity index (χ4n) is 2.00. The Hall–Kier alpha value is -2.34. The van der Waals surface area contributed by atoms with Crippen LogP contribution in [-0.4, -0.2) is 20.2 Å². The quantitative estimate of drug-likeness (QED) is 0.592. The van der Waals surface area contributed by atoms with Crippen molar-refractivity contribution < 1.29 is 0 Å². The van der Waals surface area contributed by atoms with Gasteiger partial charge in [0.05, 0.1) is 5.69 Å². The Labute approximate surface area is 127 Å². The zero-order valence-electron chi connectivity index (χ0n) is 11.6. The van der Waals surface area contributed by atoms with Crippen LogP contribution in [0.3, 0.4) is 0 Å². The highest BCUT2D eigenvalue weighted by Crippen LogP contribution is 2.25. The average molecular weight is 297 g/mol. The molecule has 2 N–H and O–H groups in total. The number of tetrazole rings is 1. The summed E-state index contributed by atoms with van der Waals surface area (Å²) in [5.41, 5.74) is 9.97. The van der Waals surface area contributed by atoms with Gasteiger partial charge in [0.25, 0.3) is 0 Å². The van der Waals surface area contributed by atoms with Crippen LogP contribution in [0.4, 0.5) is 5.69 Å². The van der Waals surface area contributed by atoms with Gasteiger partial charge >= 0.3 is 0 Å². The molecule has 0 aliphatic rings. The third kappa shape index (κ3) is 3.05. The Morgan fingerprint density at radius 3 is 2.81 bits per heavy atom. The lowest BCUT2D eigenvalue weighted by atomic mass is 10.2. The molecule has 6 heteroatoms. The van der Waals surface area contributed by atoms with Crippen molar-refractivity contribution in [3.8, 4) is 5.69 Å². The molecule has 0 radical (unpaired) electrons. The van der Waals surface area contributed by atoms with E-state index in [0.717, 1.165) is 27.8 Å². The van der Waals surface area contributed by atoms with Crippen LogP contribution in [0.15, 0.2) is 53.7 Å². The molecule has 0 saturated heterocycles. The molecule has 0 saturated carbocycles. The standard InChI is InChI=1S/C15H15N5S/c1-11-5-4-7-13(9-11)20-15(17-18-19-20)21-10-12-6-2-3-8-14(12)16/h2-9H,10,16H2,1H3. The number of rotatable bonds is 4. The smallest absolute Gasteiger partial charge is 0.214 e. The second-order valence-electron chi connectivity index (χ2n) is 4.70. The van der Waals surface area contributed by atoms with Crippen molar-refractivity contribution in [2.75, 3.05) is 5.73 Å². The summed E-state index contributed by atoms with van der Waals surface area (Å²) in [6.07, 6.45) is 0. The number of nitrogens with zero attached hydrogens (tertiary/aromatic N) is 4. The molecule has 2 aromatic carbocycles. The van der Waals surface area contributed by atoms with Crippen molar-refractivity contribution in [3.63, 3.8) is 0 Å². The summed E-state index contributed by atoms with van der Waals surface area (Å²) in [6, 6.07) is 15.9. The van der Waals surface area contributed by atoms with Gasteiger partial charge in [-0.25, -0.2) is 0 Å². The first-order valence-corrected chi connectivity index (χ1v) is 7.54. The van der Waals surface area contributed by atoms with Gasteiger partial charge in [-0.2, -0.15) is 4.68 Å². The monoisotopic (exact) mass is 297 g/mol. The highest BCUT2D eigenvalue weighted by molar-refractivity contribution is 7.98. The molecular formula is C15H15N5S. The summed E-state index contributed by atoms with van der Waals surface area (Å²) in [5, 5.41) is 12.7. The van der Waals surface area contributed by atoms with Crippen LogP contribution in [0.25, 0.3) is 5.69 Å². The zero-order chi connectivity index (χ0) is 14.7. The fourth-order valence-corrected chi connectivity index (χ4v) is 2.90. The van der Waals surface area contributed by atoms with Crippen LogP contribution in [0.1, 0.15) is 11.1 Å². The molecule has 0 aliphatic carbocycles. The molecule has 0 amide bonds. The van der Waals surface area contributed by atoms with E-state index in [0.29, 0.717) is 0 Å². The minimum Gasteiger partial charge on any atom is -0.398 e. The summed E-state index contributed by atoms with van der Waals surface area (Å²) < 4.78 is 1.75. The Bertz CT molecular complexity index is 753. The number of aryl methyl sites for hydroxylation is 1. The Morgan fingerprint density at radius 2 is 2.00 bits per heavy atom. The molecule has 21 heavy (non-hydrogen) atoms. The molecule has 0 bridgehead atoms. The van der Waals surface area contributed by atoms with E-state index >= 15 is 0 Å². The van der Waals surface area contributed by atoms with Crippen molar-refractivity contribution in [2.45, 2.75) is 17.8 Å². The van der Waals surface area contributed by atoms with E-state index in [9.17, 15) is 0 Å². The molecule has 5 nitrogen and oxygen atoms in total. The molecule has 0 unspecified atom stereocenters. The lowest BCUT2D eigenvalue weighted by molar-refractivity contribution is 0.755. The molecule has 0 fully saturated rings. The first-order valence-electron chi connectivity index (χ1n) is 6.55. The highest BCUT2D eigenvalue weighted by Gasteiger charge is 2.10. The molecule has 1 heterocycles. The largest absolute Gasteiger partial charge is 0.398 e. The van der Waals surface area contributed by atoms with Gasteiger partial charge in [0.2, 0.25) is 5.16 Å². The highest BCUT2D eigenvalue weighted by atomic mass is 32.2. The van der Waals surface area contributed by atoms with Gasteiger partial charge in [-0.1, -0.05) is 42.1 Å². The van der Waals surface area contributed by atoms with Crippen LogP contribution in [0.2, 0.25) is 0 Å². The minimum absolute atomic E-state index is 0.735. The summed E-state index contributed by atoms with van der Waals surface area (Å²) in [6.45, 7) is 2.05. The maximum Gasteiger partial charge on any atom is 0.214 e. The summed E-state index contributed by atoms with van der Waals surface area (Å²) in [7, 11) is 0. The third-order valence-electron chi connectivity index (χ3n) is 3.10. The molecule has 106 valence electrons. The number of anilines is 1. The lowest BCUT2D eigenvalue weighted by Crippen LogP contribution is -2.00. The van der Waals surface area contributed by atoms with Gasteiger partial charge in [0.1, 0.15) is 0 Å². The minimum atomic E-state index is 0.735. The van der Waals surface area contributed by atoms with E-state index in [1.807, 2.05) is 49.4 Å². The van der Waals surface area contributed by atoms with Gasteiger partial charge in [0, 0.05) is 11.4 Å². The number of hydrogen-bond donors (Lipinski definition) is 1. The first-order chi connectivity index (χ1) is 10.2. The van der Waals surface area contributed by atoms with Crippen molar-refractivity contribution in [1.82, 2.24) is 20.2 Å². The fraction of sp³-hybridized carbons (Fsp3) is 0.133.